The van der Waals surface area contributed by atoms with Crippen molar-refractivity contribution in [2.24, 2.45) is 10.1 Å². The Labute approximate surface area is 144 Å². The van der Waals surface area contributed by atoms with E-state index in [-0.39, 0.29) is 21.0 Å². The van der Waals surface area contributed by atoms with Crippen molar-refractivity contribution < 1.29 is 13.2 Å². The molecule has 2 aliphatic heterocycles. The molecule has 2 aliphatic rings. The molecule has 0 radical (unpaired) electrons. The molecule has 1 aromatic rings. The van der Waals surface area contributed by atoms with Crippen molar-refractivity contribution in [3.8, 4) is 0 Å². The highest BCUT2D eigenvalue weighted by Gasteiger charge is 2.38. The Morgan fingerprint density at radius 1 is 1.30 bits per heavy atom. The second-order valence-corrected chi connectivity index (χ2v) is 8.77. The second kappa shape index (κ2) is 5.69. The van der Waals surface area contributed by atoms with Gasteiger partial charge in [-0.1, -0.05) is 28.1 Å². The summed E-state index contributed by atoms with van der Waals surface area (Å²) in [6, 6.07) is 7.18. The van der Waals surface area contributed by atoms with E-state index in [1.165, 1.54) is 6.08 Å². The minimum Gasteiger partial charge on any atom is -0.282 e. The zero-order valence-electron chi connectivity index (χ0n) is 11.6. The second-order valence-electron chi connectivity index (χ2n) is 4.71. The van der Waals surface area contributed by atoms with Gasteiger partial charge >= 0.3 is 0 Å². The number of sulfone groups is 1. The molecular weight excluding hydrogens is 404 g/mol. The Balaban J connectivity index is 2.01. The molecule has 118 valence electrons. The number of benzene rings is 1. The third-order valence-corrected chi connectivity index (χ3v) is 6.04. The summed E-state index contributed by atoms with van der Waals surface area (Å²) < 4.78 is 23.8. The summed E-state index contributed by atoms with van der Waals surface area (Å²) in [5.74, 6) is -0.796. The highest BCUT2D eigenvalue weighted by Crippen LogP contribution is 2.29. The maximum Gasteiger partial charge on any atom is 0.283 e. The third kappa shape index (κ3) is 3.14. The van der Waals surface area contributed by atoms with E-state index in [0.717, 1.165) is 33.1 Å². The zero-order chi connectivity index (χ0) is 16.8. The normalized spacial score (nSPS) is 19.7. The SMILES string of the molecule is CS(=O)(=O)C1=NN2C(=N)/C(=C/c3ccc(Br)cc3)C(=O)N=C2S1. The predicted octanol–water partition coefficient (Wildman–Crippen LogP) is 2.07. The molecule has 0 bridgehead atoms. The fourth-order valence-electron chi connectivity index (χ4n) is 1.85. The average molecular weight is 413 g/mol. The van der Waals surface area contributed by atoms with Crippen LogP contribution in [0.5, 0.6) is 0 Å². The highest BCUT2D eigenvalue weighted by atomic mass is 79.9. The summed E-state index contributed by atoms with van der Waals surface area (Å²) in [6.07, 6.45) is 2.54. The molecule has 1 amide bonds. The monoisotopic (exact) mass is 412 g/mol. The van der Waals surface area contributed by atoms with Gasteiger partial charge in [0.15, 0.2) is 5.84 Å². The van der Waals surface area contributed by atoms with Crippen LogP contribution >= 0.6 is 27.7 Å². The van der Waals surface area contributed by atoms with Gasteiger partial charge in [0.2, 0.25) is 19.4 Å². The summed E-state index contributed by atoms with van der Waals surface area (Å²) >= 11 is 4.08. The topological polar surface area (TPSA) is 103 Å². The van der Waals surface area contributed by atoms with E-state index in [1.807, 2.05) is 12.1 Å². The van der Waals surface area contributed by atoms with Gasteiger partial charge in [0.25, 0.3) is 5.91 Å². The first-order valence-electron chi connectivity index (χ1n) is 6.21. The van der Waals surface area contributed by atoms with Crippen LogP contribution in [0.25, 0.3) is 6.08 Å². The predicted molar refractivity (Wildman–Crippen MR) is 94.0 cm³/mol. The highest BCUT2D eigenvalue weighted by molar-refractivity contribution is 9.10. The van der Waals surface area contributed by atoms with Crippen LogP contribution in [0.2, 0.25) is 0 Å². The Bertz CT molecular complexity index is 917. The van der Waals surface area contributed by atoms with Crippen LogP contribution in [0.15, 0.2) is 44.4 Å². The molecule has 0 fully saturated rings. The van der Waals surface area contributed by atoms with Crippen molar-refractivity contribution in [2.45, 2.75) is 0 Å². The molecule has 0 saturated carbocycles. The van der Waals surface area contributed by atoms with E-state index < -0.39 is 15.7 Å². The first-order chi connectivity index (χ1) is 10.8. The smallest absolute Gasteiger partial charge is 0.282 e. The lowest BCUT2D eigenvalue weighted by Gasteiger charge is -2.20. The average Bonchev–Trinajstić information content (AvgIpc) is 2.89. The first kappa shape index (κ1) is 16.1. The molecule has 2 heterocycles. The van der Waals surface area contributed by atoms with Crippen molar-refractivity contribution in [3.63, 3.8) is 0 Å². The summed E-state index contributed by atoms with van der Waals surface area (Å²) in [4.78, 5) is 16.0. The molecule has 10 heteroatoms. The van der Waals surface area contributed by atoms with Crippen LogP contribution in [0.3, 0.4) is 0 Å². The Hall–Kier alpha value is -1.78. The van der Waals surface area contributed by atoms with Gasteiger partial charge in [0, 0.05) is 10.7 Å². The quantitative estimate of drug-likeness (QED) is 0.710. The standard InChI is InChI=1S/C13H9BrN4O3S2/c1-23(20,21)13-17-18-10(15)9(11(19)16-12(18)22-13)6-7-2-4-8(14)5-3-7/h2-6,15H,1H3/b9-6-,15-10?. The van der Waals surface area contributed by atoms with Crippen molar-refractivity contribution >= 4 is 64.9 Å². The number of hydrogen-bond donors (Lipinski definition) is 1. The molecule has 23 heavy (non-hydrogen) atoms. The summed E-state index contributed by atoms with van der Waals surface area (Å²) in [5.41, 5.74) is 0.772. The molecule has 3 rings (SSSR count). The number of carbonyl (C=O) groups excluding carboxylic acids is 1. The number of rotatable bonds is 1. The lowest BCUT2D eigenvalue weighted by Crippen LogP contribution is -2.35. The summed E-state index contributed by atoms with van der Waals surface area (Å²) in [5, 5.41) is 13.1. The number of thioether (sulfide) groups is 1. The number of amidine groups is 2. The number of fused-ring (bicyclic) bond motifs is 1. The molecule has 1 aromatic carbocycles. The molecule has 0 aliphatic carbocycles. The fraction of sp³-hybridized carbons (Fsp3) is 0.0769. The van der Waals surface area contributed by atoms with Crippen LogP contribution in [-0.2, 0) is 14.6 Å². The number of aliphatic imine (C=N–C) groups is 1. The van der Waals surface area contributed by atoms with E-state index in [1.54, 1.807) is 12.1 Å². The summed E-state index contributed by atoms with van der Waals surface area (Å²) in [6.45, 7) is 0. The Kier molecular flexibility index (Phi) is 3.98. The molecule has 0 unspecified atom stereocenters. The molecule has 1 N–H and O–H groups in total. The van der Waals surface area contributed by atoms with Gasteiger partial charge in [0.05, 0.1) is 5.57 Å². The number of hydrogen-bond acceptors (Lipinski definition) is 6. The first-order valence-corrected chi connectivity index (χ1v) is 9.71. The lowest BCUT2D eigenvalue weighted by molar-refractivity contribution is -0.114. The maximum absolute atomic E-state index is 12.1. The third-order valence-electron chi connectivity index (χ3n) is 2.93. The lowest BCUT2D eigenvalue weighted by atomic mass is 10.1. The van der Waals surface area contributed by atoms with E-state index in [2.05, 4.69) is 26.0 Å². The zero-order valence-corrected chi connectivity index (χ0v) is 14.9. The van der Waals surface area contributed by atoms with Crippen molar-refractivity contribution in [1.82, 2.24) is 5.01 Å². The molecule has 0 saturated heterocycles. The number of carbonyl (C=O) groups is 1. The molecule has 0 atom stereocenters. The van der Waals surface area contributed by atoms with Crippen molar-refractivity contribution in [1.29, 1.82) is 5.41 Å². The largest absolute Gasteiger partial charge is 0.283 e. The minimum atomic E-state index is -3.52. The van der Waals surface area contributed by atoms with Gasteiger partial charge in [-0.3, -0.25) is 10.2 Å². The van der Waals surface area contributed by atoms with E-state index in [0.29, 0.717) is 0 Å². The van der Waals surface area contributed by atoms with Crippen LogP contribution < -0.4 is 0 Å². The number of nitrogens with zero attached hydrogens (tertiary/aromatic N) is 3. The van der Waals surface area contributed by atoms with Gasteiger partial charge < -0.3 is 0 Å². The van der Waals surface area contributed by atoms with Gasteiger partial charge in [-0.25, -0.2) is 8.42 Å². The van der Waals surface area contributed by atoms with Gasteiger partial charge in [0.1, 0.15) is 0 Å². The van der Waals surface area contributed by atoms with Crippen molar-refractivity contribution in [3.05, 3.63) is 39.9 Å². The number of hydrazone groups is 1. The summed E-state index contributed by atoms with van der Waals surface area (Å²) in [7, 11) is -3.52. The van der Waals surface area contributed by atoms with Crippen LogP contribution in [-0.4, -0.2) is 41.0 Å². The Morgan fingerprint density at radius 2 is 1.96 bits per heavy atom. The van der Waals surface area contributed by atoms with Gasteiger partial charge in [-0.15, -0.1) is 5.10 Å². The Morgan fingerprint density at radius 3 is 2.57 bits per heavy atom. The van der Waals surface area contributed by atoms with E-state index >= 15 is 0 Å². The molecule has 0 spiro atoms. The molecule has 7 nitrogen and oxygen atoms in total. The number of nitrogens with one attached hydrogen (secondary N) is 1. The van der Waals surface area contributed by atoms with Crippen molar-refractivity contribution in [2.75, 3.05) is 6.26 Å². The number of amides is 1. The van der Waals surface area contributed by atoms with Gasteiger partial charge in [-0.2, -0.15) is 10.0 Å². The van der Waals surface area contributed by atoms with Gasteiger partial charge in [-0.05, 0) is 35.5 Å². The van der Waals surface area contributed by atoms with Crippen LogP contribution in [0.4, 0.5) is 0 Å². The van der Waals surface area contributed by atoms with E-state index in [9.17, 15) is 13.2 Å². The fourth-order valence-corrected chi connectivity index (χ4v) is 3.80. The minimum absolute atomic E-state index is 0.0511. The molecule has 0 aromatic heterocycles. The van der Waals surface area contributed by atoms with Crippen LogP contribution in [0, 0.1) is 5.41 Å². The van der Waals surface area contributed by atoms with Crippen LogP contribution in [0.1, 0.15) is 5.56 Å². The molecular formula is C13H9BrN4O3S2. The van der Waals surface area contributed by atoms with E-state index in [4.69, 9.17) is 5.41 Å². The maximum atomic E-state index is 12.1. The number of halogens is 1.